The fourth-order valence-corrected chi connectivity index (χ4v) is 3.29. The molecule has 1 heterocycles. The Morgan fingerprint density at radius 3 is 2.57 bits per heavy atom. The van der Waals surface area contributed by atoms with Crippen molar-refractivity contribution in [1.29, 1.82) is 0 Å². The van der Waals surface area contributed by atoms with E-state index in [1.807, 2.05) is 6.07 Å². The molecule has 0 radical (unpaired) electrons. The predicted molar refractivity (Wildman–Crippen MR) is 93.8 cm³/mol. The van der Waals surface area contributed by atoms with Crippen LogP contribution in [0.4, 0.5) is 0 Å². The van der Waals surface area contributed by atoms with Crippen LogP contribution in [0.2, 0.25) is 0 Å². The van der Waals surface area contributed by atoms with Crippen molar-refractivity contribution in [1.82, 2.24) is 9.80 Å². The molecule has 2 N–H and O–H groups in total. The Morgan fingerprint density at radius 1 is 1.38 bits per heavy atom. The van der Waals surface area contributed by atoms with Gasteiger partial charge in [-0.25, -0.2) is 0 Å². The second-order valence-corrected chi connectivity index (χ2v) is 6.69. The van der Waals surface area contributed by atoms with Crippen molar-refractivity contribution < 1.29 is 4.74 Å². The molecule has 0 spiro atoms. The lowest BCUT2D eigenvalue weighted by Gasteiger charge is -2.37. The molecule has 4 nitrogen and oxygen atoms in total. The summed E-state index contributed by atoms with van der Waals surface area (Å²) in [4.78, 5) is 5.39. The number of ether oxygens (including phenoxy) is 1. The topological polar surface area (TPSA) is 41.7 Å². The molecule has 2 rings (SSSR count). The van der Waals surface area contributed by atoms with Crippen molar-refractivity contribution >= 4 is 33.1 Å². The lowest BCUT2D eigenvalue weighted by atomic mass is 10.1. The van der Waals surface area contributed by atoms with E-state index in [1.165, 1.54) is 5.56 Å². The van der Waals surface area contributed by atoms with Gasteiger partial charge in [-0.05, 0) is 40.5 Å². The van der Waals surface area contributed by atoms with Gasteiger partial charge < -0.3 is 10.5 Å². The van der Waals surface area contributed by atoms with E-state index in [9.17, 15) is 0 Å². The Bertz CT molecular complexity index is 504. The predicted octanol–water partition coefficient (Wildman–Crippen LogP) is 2.25. The first-order valence-corrected chi connectivity index (χ1v) is 8.29. The fourth-order valence-electron chi connectivity index (χ4n) is 2.56. The molecule has 1 aliphatic rings. The highest BCUT2D eigenvalue weighted by atomic mass is 79.9. The van der Waals surface area contributed by atoms with Crippen LogP contribution < -0.4 is 10.5 Å². The van der Waals surface area contributed by atoms with Crippen molar-refractivity contribution in [3.8, 4) is 5.75 Å². The van der Waals surface area contributed by atoms with E-state index < -0.39 is 0 Å². The molecule has 0 amide bonds. The maximum Gasteiger partial charge on any atom is 0.133 e. The average Bonchev–Trinajstić information content (AvgIpc) is 2.47. The van der Waals surface area contributed by atoms with Crippen molar-refractivity contribution in [2.24, 2.45) is 5.73 Å². The largest absolute Gasteiger partial charge is 0.496 e. The van der Waals surface area contributed by atoms with Crippen molar-refractivity contribution in [3.05, 3.63) is 28.2 Å². The quantitative estimate of drug-likeness (QED) is 0.803. The Morgan fingerprint density at radius 2 is 2.05 bits per heavy atom. The van der Waals surface area contributed by atoms with Crippen LogP contribution in [0, 0.1) is 0 Å². The maximum atomic E-state index is 5.73. The molecule has 0 bridgehead atoms. The van der Waals surface area contributed by atoms with Gasteiger partial charge in [-0.2, -0.15) is 0 Å². The molecule has 6 heteroatoms. The molecule has 1 unspecified atom stereocenters. The third-order valence-electron chi connectivity index (χ3n) is 3.99. The van der Waals surface area contributed by atoms with Gasteiger partial charge in [0.1, 0.15) is 5.75 Å². The Hall–Kier alpha value is -0.690. The number of nitrogens with two attached hydrogens (primary N) is 1. The highest BCUT2D eigenvalue weighted by Gasteiger charge is 2.22. The smallest absolute Gasteiger partial charge is 0.133 e. The molecular weight excluding hydrogens is 350 g/mol. The molecule has 0 aromatic heterocycles. The molecule has 0 aliphatic carbocycles. The van der Waals surface area contributed by atoms with Gasteiger partial charge in [-0.15, -0.1) is 0 Å². The van der Waals surface area contributed by atoms with E-state index in [0.717, 1.165) is 42.9 Å². The number of thiocarbonyl (C=S) groups is 1. The van der Waals surface area contributed by atoms with Gasteiger partial charge >= 0.3 is 0 Å². The molecule has 21 heavy (non-hydrogen) atoms. The van der Waals surface area contributed by atoms with Crippen LogP contribution >= 0.6 is 28.1 Å². The Labute approximate surface area is 140 Å². The third-order valence-corrected chi connectivity index (χ3v) is 4.95. The fraction of sp³-hybridized carbons (Fsp3) is 0.533. The normalized spacial score (nSPS) is 18.4. The minimum Gasteiger partial charge on any atom is -0.496 e. The van der Waals surface area contributed by atoms with Crippen LogP contribution in [-0.4, -0.2) is 54.1 Å². The molecule has 1 aliphatic heterocycles. The molecule has 1 saturated heterocycles. The Balaban J connectivity index is 1.89. The third kappa shape index (κ3) is 4.39. The number of benzene rings is 1. The summed E-state index contributed by atoms with van der Waals surface area (Å²) < 4.78 is 6.26. The summed E-state index contributed by atoms with van der Waals surface area (Å²) in [6, 6.07) is 6.44. The van der Waals surface area contributed by atoms with Gasteiger partial charge in [0.05, 0.1) is 22.6 Å². The number of methoxy groups -OCH3 is 1. The van der Waals surface area contributed by atoms with E-state index in [-0.39, 0.29) is 6.04 Å². The first-order chi connectivity index (χ1) is 10.0. The SMILES string of the molecule is COc1ccc(CN2CCN(C(C)C(N)=S)CC2)cc1Br. The second kappa shape index (κ2) is 7.54. The van der Waals surface area contributed by atoms with E-state index >= 15 is 0 Å². The summed E-state index contributed by atoms with van der Waals surface area (Å²) >= 11 is 8.61. The maximum absolute atomic E-state index is 5.73. The molecule has 0 saturated carbocycles. The molecule has 1 atom stereocenters. The van der Waals surface area contributed by atoms with Crippen LogP contribution in [0.5, 0.6) is 5.75 Å². The van der Waals surface area contributed by atoms with Crippen molar-refractivity contribution in [3.63, 3.8) is 0 Å². The summed E-state index contributed by atoms with van der Waals surface area (Å²) in [6.07, 6.45) is 0. The van der Waals surface area contributed by atoms with Crippen LogP contribution in [0.15, 0.2) is 22.7 Å². The summed E-state index contributed by atoms with van der Waals surface area (Å²) in [5.41, 5.74) is 7.02. The van der Waals surface area contributed by atoms with Crippen LogP contribution in [0.1, 0.15) is 12.5 Å². The van der Waals surface area contributed by atoms with Gasteiger partial charge in [0.25, 0.3) is 0 Å². The van der Waals surface area contributed by atoms with E-state index in [0.29, 0.717) is 4.99 Å². The molecule has 116 valence electrons. The molecular formula is C15H22BrN3OS. The van der Waals surface area contributed by atoms with Crippen LogP contribution in [0.3, 0.4) is 0 Å². The van der Waals surface area contributed by atoms with Gasteiger partial charge in [-0.1, -0.05) is 18.3 Å². The van der Waals surface area contributed by atoms with E-state index in [2.05, 4.69) is 44.8 Å². The standard InChI is InChI=1S/C15H22BrN3OS/c1-11(15(17)21)19-7-5-18(6-8-19)10-12-3-4-14(20-2)13(16)9-12/h3-4,9,11H,5-8,10H2,1-2H3,(H2,17,21). The summed E-state index contributed by atoms with van der Waals surface area (Å²) in [7, 11) is 1.68. The highest BCUT2D eigenvalue weighted by Crippen LogP contribution is 2.26. The number of halogens is 1. The monoisotopic (exact) mass is 371 g/mol. The first-order valence-electron chi connectivity index (χ1n) is 7.09. The van der Waals surface area contributed by atoms with Gasteiger partial charge in [0, 0.05) is 32.7 Å². The van der Waals surface area contributed by atoms with Gasteiger partial charge in [0.2, 0.25) is 0 Å². The minimum absolute atomic E-state index is 0.192. The molecule has 1 aromatic rings. The van der Waals surface area contributed by atoms with Crippen molar-refractivity contribution in [2.45, 2.75) is 19.5 Å². The van der Waals surface area contributed by atoms with Gasteiger partial charge in [-0.3, -0.25) is 9.80 Å². The lowest BCUT2D eigenvalue weighted by Crippen LogP contribution is -2.52. The zero-order valence-electron chi connectivity index (χ0n) is 12.5. The Kier molecular flexibility index (Phi) is 5.98. The molecule has 1 fully saturated rings. The molecule has 1 aromatic carbocycles. The number of hydrogen-bond acceptors (Lipinski definition) is 4. The number of rotatable bonds is 5. The lowest BCUT2D eigenvalue weighted by molar-refractivity contribution is 0.118. The zero-order chi connectivity index (χ0) is 15.4. The van der Waals surface area contributed by atoms with Gasteiger partial charge in [0.15, 0.2) is 0 Å². The van der Waals surface area contributed by atoms with Crippen LogP contribution in [-0.2, 0) is 6.54 Å². The van der Waals surface area contributed by atoms with E-state index in [4.69, 9.17) is 22.7 Å². The number of piperazine rings is 1. The number of hydrogen-bond donors (Lipinski definition) is 1. The average molecular weight is 372 g/mol. The summed E-state index contributed by atoms with van der Waals surface area (Å²) in [6.45, 7) is 7.13. The first kappa shape index (κ1) is 16.7. The van der Waals surface area contributed by atoms with Crippen LogP contribution in [0.25, 0.3) is 0 Å². The minimum atomic E-state index is 0.192. The number of nitrogens with zero attached hydrogens (tertiary/aromatic N) is 2. The zero-order valence-corrected chi connectivity index (χ0v) is 14.9. The highest BCUT2D eigenvalue weighted by molar-refractivity contribution is 9.10. The van der Waals surface area contributed by atoms with Crippen molar-refractivity contribution in [2.75, 3.05) is 33.3 Å². The second-order valence-electron chi connectivity index (χ2n) is 5.36. The van der Waals surface area contributed by atoms with E-state index in [1.54, 1.807) is 7.11 Å². The summed E-state index contributed by atoms with van der Waals surface area (Å²) in [5, 5.41) is 0. The summed E-state index contributed by atoms with van der Waals surface area (Å²) in [5.74, 6) is 0.869.